The molecule has 0 saturated carbocycles. The van der Waals surface area contributed by atoms with E-state index in [1.54, 1.807) is 12.1 Å². The average Bonchev–Trinajstić information content (AvgIpc) is 2.79. The fourth-order valence-corrected chi connectivity index (χ4v) is 1.75. The van der Waals surface area contributed by atoms with Gasteiger partial charge >= 0.3 is 10.5 Å². The Hall–Kier alpha value is -2.42. The van der Waals surface area contributed by atoms with Gasteiger partial charge in [0.15, 0.2) is 5.75 Å². The summed E-state index contributed by atoms with van der Waals surface area (Å²) in [7, 11) is -5.13. The number of nitrogens with zero attached hydrogens (tertiary/aromatic N) is 1. The first-order chi connectivity index (χ1) is 9.42. The molecular formula is C11H9FN2O5S. The highest BCUT2D eigenvalue weighted by molar-refractivity contribution is 7.81. The third-order valence-electron chi connectivity index (χ3n) is 2.11. The Balaban J connectivity index is 2.02. The molecule has 1 amide bonds. The minimum Gasteiger partial charge on any atom is -0.469 e. The van der Waals surface area contributed by atoms with Crippen LogP contribution in [-0.2, 0) is 21.7 Å². The molecule has 0 bridgehead atoms. The van der Waals surface area contributed by atoms with Gasteiger partial charge in [-0.2, -0.15) is 8.42 Å². The minimum atomic E-state index is -5.13. The molecule has 0 fully saturated rings. The molecule has 2 rings (SSSR count). The molecule has 0 saturated heterocycles. The number of aromatic nitrogens is 1. The standard InChI is InChI=1S/C11H9FN2O5S/c12-20(16,17)19-10-4-8(6-13-7-10)14-11(15)5-9-2-1-3-18-9/h1-4,6-7H,5H2,(H,14,15). The maximum Gasteiger partial charge on any atom is 0.488 e. The number of pyridine rings is 1. The predicted octanol–water partition coefficient (Wildman–Crippen LogP) is 1.45. The molecule has 0 aliphatic rings. The van der Waals surface area contributed by atoms with Crippen molar-refractivity contribution in [3.05, 3.63) is 42.6 Å². The van der Waals surface area contributed by atoms with Crippen LogP contribution in [0.2, 0.25) is 0 Å². The maximum absolute atomic E-state index is 12.3. The summed E-state index contributed by atoms with van der Waals surface area (Å²) in [6.07, 6.45) is 3.70. The third-order valence-corrected chi connectivity index (χ3v) is 2.50. The van der Waals surface area contributed by atoms with Gasteiger partial charge in [-0.05, 0) is 12.1 Å². The normalized spacial score (nSPS) is 11.1. The summed E-state index contributed by atoms with van der Waals surface area (Å²) in [5, 5.41) is 2.45. The van der Waals surface area contributed by atoms with Gasteiger partial charge in [0, 0.05) is 6.07 Å². The van der Waals surface area contributed by atoms with Crippen LogP contribution < -0.4 is 9.50 Å². The van der Waals surface area contributed by atoms with Gasteiger partial charge in [-0.1, -0.05) is 3.89 Å². The molecule has 9 heteroatoms. The van der Waals surface area contributed by atoms with E-state index in [0.29, 0.717) is 5.76 Å². The van der Waals surface area contributed by atoms with E-state index in [2.05, 4.69) is 14.5 Å². The summed E-state index contributed by atoms with van der Waals surface area (Å²) in [6.45, 7) is 0. The molecule has 7 nitrogen and oxygen atoms in total. The Labute approximate surface area is 113 Å². The summed E-state index contributed by atoms with van der Waals surface area (Å²) in [4.78, 5) is 15.3. The Morgan fingerprint density at radius 3 is 2.90 bits per heavy atom. The van der Waals surface area contributed by atoms with Gasteiger partial charge in [-0.3, -0.25) is 9.78 Å². The number of carbonyl (C=O) groups excluding carboxylic acids is 1. The number of amides is 1. The van der Waals surface area contributed by atoms with Gasteiger partial charge < -0.3 is 13.9 Å². The number of nitrogens with one attached hydrogen (secondary N) is 1. The fourth-order valence-electron chi connectivity index (χ4n) is 1.42. The predicted molar refractivity (Wildman–Crippen MR) is 65.9 cm³/mol. The molecule has 0 radical (unpaired) electrons. The van der Waals surface area contributed by atoms with E-state index in [-0.39, 0.29) is 17.9 Å². The molecule has 0 aliphatic carbocycles. The highest BCUT2D eigenvalue weighted by atomic mass is 32.3. The van der Waals surface area contributed by atoms with Gasteiger partial charge in [-0.25, -0.2) is 0 Å². The Morgan fingerprint density at radius 1 is 1.45 bits per heavy atom. The highest BCUT2D eigenvalue weighted by Crippen LogP contribution is 2.17. The molecule has 0 aromatic carbocycles. The largest absolute Gasteiger partial charge is 0.488 e. The first-order valence-electron chi connectivity index (χ1n) is 5.34. The van der Waals surface area contributed by atoms with Gasteiger partial charge in [0.05, 0.1) is 30.8 Å². The second kappa shape index (κ2) is 5.70. The molecule has 1 N–H and O–H groups in total. The third kappa shape index (κ3) is 4.35. The lowest BCUT2D eigenvalue weighted by Crippen LogP contribution is -2.14. The van der Waals surface area contributed by atoms with Crippen LogP contribution >= 0.6 is 0 Å². The van der Waals surface area contributed by atoms with Crippen LogP contribution in [0.1, 0.15) is 5.76 Å². The number of carbonyl (C=O) groups is 1. The lowest BCUT2D eigenvalue weighted by molar-refractivity contribution is -0.115. The molecular weight excluding hydrogens is 291 g/mol. The fraction of sp³-hybridized carbons (Fsp3) is 0.0909. The van der Waals surface area contributed by atoms with Crippen LogP contribution in [0.5, 0.6) is 5.75 Å². The summed E-state index contributed by atoms with van der Waals surface area (Å²) in [5.41, 5.74) is 0.169. The first kappa shape index (κ1) is 14.0. The van der Waals surface area contributed by atoms with Crippen LogP contribution in [0.25, 0.3) is 0 Å². The Bertz CT molecular complexity index is 699. The molecule has 2 heterocycles. The summed E-state index contributed by atoms with van der Waals surface area (Å²) in [6, 6.07) is 4.40. The molecule has 20 heavy (non-hydrogen) atoms. The molecule has 2 aromatic heterocycles. The van der Waals surface area contributed by atoms with E-state index in [0.717, 1.165) is 12.3 Å². The second-order valence-corrected chi connectivity index (χ2v) is 4.64. The van der Waals surface area contributed by atoms with Crippen molar-refractivity contribution in [2.24, 2.45) is 0 Å². The van der Waals surface area contributed by atoms with Crippen LogP contribution in [-0.4, -0.2) is 19.3 Å². The lowest BCUT2D eigenvalue weighted by Gasteiger charge is -2.05. The second-order valence-electron chi connectivity index (χ2n) is 3.69. The van der Waals surface area contributed by atoms with Crippen molar-refractivity contribution in [1.29, 1.82) is 0 Å². The van der Waals surface area contributed by atoms with Crippen molar-refractivity contribution >= 4 is 22.1 Å². The number of anilines is 1. The molecule has 0 spiro atoms. The van der Waals surface area contributed by atoms with E-state index < -0.39 is 16.4 Å². The van der Waals surface area contributed by atoms with Crippen molar-refractivity contribution in [3.63, 3.8) is 0 Å². The SMILES string of the molecule is O=C(Cc1ccco1)Nc1cncc(OS(=O)(=O)F)c1. The van der Waals surface area contributed by atoms with Crippen molar-refractivity contribution in [1.82, 2.24) is 4.98 Å². The zero-order valence-corrected chi connectivity index (χ0v) is 10.8. The minimum absolute atomic E-state index is 0.000502. The molecule has 0 aliphatic heterocycles. The van der Waals surface area contributed by atoms with Crippen molar-refractivity contribution in [2.45, 2.75) is 6.42 Å². The Kier molecular flexibility index (Phi) is 3.99. The smallest absolute Gasteiger partial charge is 0.469 e. The van der Waals surface area contributed by atoms with E-state index in [1.807, 2.05) is 0 Å². The van der Waals surface area contributed by atoms with Crippen LogP contribution in [0.3, 0.4) is 0 Å². The molecule has 0 atom stereocenters. The number of hydrogen-bond donors (Lipinski definition) is 1. The maximum atomic E-state index is 12.3. The topological polar surface area (TPSA) is 98.5 Å². The van der Waals surface area contributed by atoms with E-state index in [4.69, 9.17) is 4.42 Å². The zero-order valence-electron chi connectivity index (χ0n) is 9.95. The zero-order chi connectivity index (χ0) is 14.6. The van der Waals surface area contributed by atoms with Crippen LogP contribution in [0.4, 0.5) is 9.57 Å². The number of furan rings is 1. The summed E-state index contributed by atoms with van der Waals surface area (Å²) in [5.74, 6) is -0.278. The van der Waals surface area contributed by atoms with Crippen LogP contribution in [0, 0.1) is 0 Å². The van der Waals surface area contributed by atoms with Crippen molar-refractivity contribution in [2.75, 3.05) is 5.32 Å². The monoisotopic (exact) mass is 300 g/mol. The van der Waals surface area contributed by atoms with E-state index in [9.17, 15) is 17.1 Å². The van der Waals surface area contributed by atoms with Crippen molar-refractivity contribution in [3.8, 4) is 5.75 Å². The summed E-state index contributed by atoms with van der Waals surface area (Å²) < 4.78 is 42.0. The lowest BCUT2D eigenvalue weighted by atomic mass is 10.3. The molecule has 2 aromatic rings. The van der Waals surface area contributed by atoms with Gasteiger partial charge in [0.1, 0.15) is 5.76 Å². The Morgan fingerprint density at radius 2 is 2.25 bits per heavy atom. The number of rotatable bonds is 5. The number of halogens is 1. The van der Waals surface area contributed by atoms with Crippen molar-refractivity contribution < 1.29 is 25.7 Å². The van der Waals surface area contributed by atoms with Crippen LogP contribution in [0.15, 0.2) is 41.3 Å². The molecule has 106 valence electrons. The first-order valence-corrected chi connectivity index (χ1v) is 6.64. The van der Waals surface area contributed by atoms with E-state index in [1.165, 1.54) is 12.5 Å². The quantitative estimate of drug-likeness (QED) is 0.839. The van der Waals surface area contributed by atoms with E-state index >= 15 is 0 Å². The van der Waals surface area contributed by atoms with Gasteiger partial charge in [0.2, 0.25) is 5.91 Å². The van der Waals surface area contributed by atoms with Gasteiger partial charge in [-0.15, -0.1) is 0 Å². The average molecular weight is 300 g/mol. The number of hydrogen-bond acceptors (Lipinski definition) is 6. The highest BCUT2D eigenvalue weighted by Gasteiger charge is 2.11. The molecule has 0 unspecified atom stereocenters. The summed E-state index contributed by atoms with van der Waals surface area (Å²) >= 11 is 0. The van der Waals surface area contributed by atoms with Gasteiger partial charge in [0.25, 0.3) is 0 Å².